The monoisotopic (exact) mass is 400 g/mol. The average Bonchev–Trinajstić information content (AvgIpc) is 2.62. The smallest absolute Gasteiger partial charge is 0.338 e. The SMILES string of the molecule is CCOC(=O)C1=C(c2ccccc2)NC(=O)N[C@@H]1c1ccccc1Br. The maximum absolute atomic E-state index is 12.7. The number of rotatable bonds is 4. The van der Waals surface area contributed by atoms with Crippen LogP contribution in [0.5, 0.6) is 0 Å². The maximum atomic E-state index is 12.7. The highest BCUT2D eigenvalue weighted by Gasteiger charge is 2.35. The Morgan fingerprint density at radius 2 is 1.80 bits per heavy atom. The summed E-state index contributed by atoms with van der Waals surface area (Å²) in [5.74, 6) is -0.463. The second kappa shape index (κ2) is 7.53. The molecule has 0 unspecified atom stereocenters. The lowest BCUT2D eigenvalue weighted by Crippen LogP contribution is -2.45. The summed E-state index contributed by atoms with van der Waals surface area (Å²) in [6.45, 7) is 2.00. The van der Waals surface area contributed by atoms with Crippen LogP contribution in [0.1, 0.15) is 24.1 Å². The van der Waals surface area contributed by atoms with Crippen molar-refractivity contribution in [1.29, 1.82) is 0 Å². The number of amides is 2. The van der Waals surface area contributed by atoms with Crippen LogP contribution >= 0.6 is 15.9 Å². The van der Waals surface area contributed by atoms with Gasteiger partial charge in [0.05, 0.1) is 23.9 Å². The minimum Gasteiger partial charge on any atom is -0.463 e. The molecule has 6 heteroatoms. The van der Waals surface area contributed by atoms with Gasteiger partial charge in [0.2, 0.25) is 0 Å². The van der Waals surface area contributed by atoms with Gasteiger partial charge in [-0.2, -0.15) is 0 Å². The van der Waals surface area contributed by atoms with Crippen LogP contribution < -0.4 is 10.6 Å². The Balaban J connectivity index is 2.20. The molecule has 3 rings (SSSR count). The number of hydrogen-bond acceptors (Lipinski definition) is 3. The van der Waals surface area contributed by atoms with Crippen molar-refractivity contribution in [3.05, 3.63) is 75.8 Å². The van der Waals surface area contributed by atoms with Gasteiger partial charge in [0, 0.05) is 4.47 Å². The third kappa shape index (κ3) is 3.58. The predicted molar refractivity (Wildman–Crippen MR) is 98.5 cm³/mol. The highest BCUT2D eigenvalue weighted by atomic mass is 79.9. The normalized spacial score (nSPS) is 16.9. The lowest BCUT2D eigenvalue weighted by molar-refractivity contribution is -0.138. The lowest BCUT2D eigenvalue weighted by atomic mass is 9.93. The molecule has 2 amide bonds. The zero-order valence-electron chi connectivity index (χ0n) is 13.6. The van der Waals surface area contributed by atoms with Crippen molar-refractivity contribution in [1.82, 2.24) is 10.6 Å². The number of carbonyl (C=O) groups excluding carboxylic acids is 2. The van der Waals surface area contributed by atoms with Gasteiger partial charge >= 0.3 is 12.0 Å². The van der Waals surface area contributed by atoms with Gasteiger partial charge in [-0.15, -0.1) is 0 Å². The Morgan fingerprint density at radius 3 is 2.48 bits per heavy atom. The minimum atomic E-state index is -0.612. The van der Waals surface area contributed by atoms with Crippen LogP contribution in [0, 0.1) is 0 Å². The molecule has 0 saturated carbocycles. The molecule has 0 aromatic heterocycles. The fraction of sp³-hybridized carbons (Fsp3) is 0.158. The first-order valence-electron chi connectivity index (χ1n) is 7.90. The van der Waals surface area contributed by atoms with E-state index in [1.54, 1.807) is 6.92 Å². The molecule has 1 aliphatic heterocycles. The molecule has 5 nitrogen and oxygen atoms in total. The summed E-state index contributed by atoms with van der Waals surface area (Å²) in [6.07, 6.45) is 0. The van der Waals surface area contributed by atoms with Crippen LogP contribution in [0.2, 0.25) is 0 Å². The predicted octanol–water partition coefficient (Wildman–Crippen LogP) is 3.78. The van der Waals surface area contributed by atoms with Crippen molar-refractivity contribution < 1.29 is 14.3 Å². The van der Waals surface area contributed by atoms with Gasteiger partial charge in [0.1, 0.15) is 0 Å². The molecule has 1 atom stereocenters. The summed E-state index contributed by atoms with van der Waals surface area (Å²) in [5.41, 5.74) is 2.37. The Hall–Kier alpha value is -2.60. The number of esters is 1. The van der Waals surface area contributed by atoms with Gasteiger partial charge in [-0.25, -0.2) is 9.59 Å². The third-order valence-corrected chi connectivity index (χ3v) is 4.57. The molecule has 2 aromatic rings. The van der Waals surface area contributed by atoms with Crippen molar-refractivity contribution in [3.8, 4) is 0 Å². The van der Waals surface area contributed by atoms with Crippen molar-refractivity contribution in [3.63, 3.8) is 0 Å². The average molecular weight is 401 g/mol. The van der Waals surface area contributed by atoms with E-state index in [4.69, 9.17) is 4.74 Å². The molecular weight excluding hydrogens is 384 g/mol. The van der Waals surface area contributed by atoms with E-state index in [-0.39, 0.29) is 12.6 Å². The van der Waals surface area contributed by atoms with E-state index >= 15 is 0 Å². The molecule has 0 aliphatic carbocycles. The summed E-state index contributed by atoms with van der Waals surface area (Å²) in [6, 6.07) is 15.8. The standard InChI is InChI=1S/C19H17BrN2O3/c1-2-25-18(23)15-16(12-8-4-3-5-9-12)21-19(24)22-17(15)13-10-6-7-11-14(13)20/h3-11,17H,2H2,1H3,(H2,21,22,24)/t17-/m1/s1. The second-order valence-corrected chi connectivity index (χ2v) is 6.28. The molecule has 0 saturated heterocycles. The van der Waals surface area contributed by atoms with E-state index in [1.807, 2.05) is 54.6 Å². The summed E-state index contributed by atoms with van der Waals surface area (Å²) in [5, 5.41) is 5.58. The van der Waals surface area contributed by atoms with E-state index in [2.05, 4.69) is 26.6 Å². The van der Waals surface area contributed by atoms with Crippen LogP contribution in [-0.2, 0) is 9.53 Å². The molecule has 1 aliphatic rings. The molecular formula is C19H17BrN2O3. The zero-order valence-corrected chi connectivity index (χ0v) is 15.2. The number of nitrogens with one attached hydrogen (secondary N) is 2. The van der Waals surface area contributed by atoms with E-state index in [9.17, 15) is 9.59 Å². The number of carbonyl (C=O) groups is 2. The maximum Gasteiger partial charge on any atom is 0.338 e. The molecule has 25 heavy (non-hydrogen) atoms. The van der Waals surface area contributed by atoms with Crippen molar-refractivity contribution in [2.45, 2.75) is 13.0 Å². The van der Waals surface area contributed by atoms with Gasteiger partial charge in [0.15, 0.2) is 0 Å². The quantitative estimate of drug-likeness (QED) is 0.767. The van der Waals surface area contributed by atoms with Crippen LogP contribution in [0.4, 0.5) is 4.79 Å². The number of ether oxygens (including phenoxy) is 1. The van der Waals surface area contributed by atoms with E-state index in [0.717, 1.165) is 15.6 Å². The van der Waals surface area contributed by atoms with Gasteiger partial charge in [-0.3, -0.25) is 0 Å². The molecule has 0 radical (unpaired) electrons. The van der Waals surface area contributed by atoms with Crippen molar-refractivity contribution in [2.24, 2.45) is 0 Å². The summed E-state index contributed by atoms with van der Waals surface area (Å²) in [4.78, 5) is 24.9. The van der Waals surface area contributed by atoms with Gasteiger partial charge in [-0.05, 0) is 24.1 Å². The molecule has 0 fully saturated rings. The first-order valence-corrected chi connectivity index (χ1v) is 8.69. The number of halogens is 1. The summed E-state index contributed by atoms with van der Waals surface area (Å²) >= 11 is 3.50. The van der Waals surface area contributed by atoms with Gasteiger partial charge in [0.25, 0.3) is 0 Å². The molecule has 128 valence electrons. The fourth-order valence-electron chi connectivity index (χ4n) is 2.77. The first kappa shape index (κ1) is 17.2. The van der Waals surface area contributed by atoms with Crippen LogP contribution in [0.25, 0.3) is 5.70 Å². The minimum absolute atomic E-state index is 0.251. The van der Waals surface area contributed by atoms with Gasteiger partial charge in [-0.1, -0.05) is 64.5 Å². The largest absolute Gasteiger partial charge is 0.463 e. The second-order valence-electron chi connectivity index (χ2n) is 5.43. The van der Waals surface area contributed by atoms with E-state index in [0.29, 0.717) is 11.3 Å². The van der Waals surface area contributed by atoms with Crippen molar-refractivity contribution >= 4 is 33.6 Å². The topological polar surface area (TPSA) is 67.4 Å². The number of benzene rings is 2. The third-order valence-electron chi connectivity index (χ3n) is 3.85. The number of hydrogen-bond donors (Lipinski definition) is 2. The Bertz CT molecular complexity index is 834. The fourth-order valence-corrected chi connectivity index (χ4v) is 3.28. The van der Waals surface area contributed by atoms with E-state index in [1.165, 1.54) is 0 Å². The molecule has 1 heterocycles. The summed E-state index contributed by atoms with van der Waals surface area (Å²) in [7, 11) is 0. The van der Waals surface area contributed by atoms with Crippen LogP contribution in [0.3, 0.4) is 0 Å². The highest BCUT2D eigenvalue weighted by molar-refractivity contribution is 9.10. The Morgan fingerprint density at radius 1 is 1.12 bits per heavy atom. The zero-order chi connectivity index (χ0) is 17.8. The first-order chi connectivity index (χ1) is 12.1. The molecule has 2 aromatic carbocycles. The summed E-state index contributed by atoms with van der Waals surface area (Å²) < 4.78 is 6.06. The van der Waals surface area contributed by atoms with Crippen LogP contribution in [-0.4, -0.2) is 18.6 Å². The Labute approximate surface area is 154 Å². The van der Waals surface area contributed by atoms with Gasteiger partial charge < -0.3 is 15.4 Å². The van der Waals surface area contributed by atoms with Crippen molar-refractivity contribution in [2.75, 3.05) is 6.61 Å². The lowest BCUT2D eigenvalue weighted by Gasteiger charge is -2.30. The molecule has 0 bridgehead atoms. The number of urea groups is 1. The molecule has 2 N–H and O–H groups in total. The van der Waals surface area contributed by atoms with Crippen LogP contribution in [0.15, 0.2) is 64.6 Å². The molecule has 0 spiro atoms. The highest BCUT2D eigenvalue weighted by Crippen LogP contribution is 2.35. The van der Waals surface area contributed by atoms with E-state index < -0.39 is 12.0 Å². The Kier molecular flexibility index (Phi) is 5.19.